The first kappa shape index (κ1) is 18.2. The summed E-state index contributed by atoms with van der Waals surface area (Å²) >= 11 is 0. The van der Waals surface area contributed by atoms with E-state index in [9.17, 15) is 18.4 Å². The predicted octanol–water partition coefficient (Wildman–Crippen LogP) is 5.13. The second-order valence-electron chi connectivity index (χ2n) is 6.76. The van der Waals surface area contributed by atoms with Gasteiger partial charge in [0.1, 0.15) is 17.5 Å². The van der Waals surface area contributed by atoms with Crippen LogP contribution in [-0.4, -0.2) is 4.98 Å². The van der Waals surface area contributed by atoms with Crippen molar-refractivity contribution in [3.63, 3.8) is 0 Å². The van der Waals surface area contributed by atoms with Gasteiger partial charge in [-0.25, -0.2) is 4.98 Å². The van der Waals surface area contributed by atoms with Crippen molar-refractivity contribution >= 4 is 5.82 Å². The Kier molecular flexibility index (Phi) is 4.90. The molecule has 2 N–H and O–H groups in total. The van der Waals surface area contributed by atoms with Crippen molar-refractivity contribution in [2.75, 3.05) is 5.73 Å². The van der Waals surface area contributed by atoms with Crippen LogP contribution in [0, 0.1) is 17.2 Å². The first-order valence-corrected chi connectivity index (χ1v) is 8.74. The molecule has 0 spiro atoms. The zero-order valence-corrected chi connectivity index (χ0v) is 14.5. The van der Waals surface area contributed by atoms with Crippen molar-refractivity contribution < 1.29 is 13.2 Å². The Morgan fingerprint density at radius 3 is 2.54 bits per heavy atom. The van der Waals surface area contributed by atoms with E-state index in [1.807, 2.05) is 0 Å². The number of aromatic nitrogens is 1. The fourth-order valence-electron chi connectivity index (χ4n) is 3.76. The number of nitrogens with two attached hydrogens (primary N) is 1. The number of halogens is 3. The van der Waals surface area contributed by atoms with Crippen LogP contribution in [0.25, 0.3) is 11.1 Å². The summed E-state index contributed by atoms with van der Waals surface area (Å²) in [5.41, 5.74) is 8.56. The summed E-state index contributed by atoms with van der Waals surface area (Å²) in [6.45, 7) is 2.13. The van der Waals surface area contributed by atoms with Gasteiger partial charge in [-0.1, -0.05) is 31.9 Å². The van der Waals surface area contributed by atoms with Gasteiger partial charge >= 0.3 is 6.18 Å². The average molecular weight is 359 g/mol. The second-order valence-corrected chi connectivity index (χ2v) is 6.76. The molecular weight excluding hydrogens is 339 g/mol. The van der Waals surface area contributed by atoms with Crippen LogP contribution in [0.2, 0.25) is 0 Å². The van der Waals surface area contributed by atoms with Crippen LogP contribution in [0.1, 0.15) is 48.6 Å². The van der Waals surface area contributed by atoms with E-state index in [0.29, 0.717) is 17.0 Å². The molecule has 0 saturated heterocycles. The van der Waals surface area contributed by atoms with E-state index in [-0.39, 0.29) is 11.4 Å². The summed E-state index contributed by atoms with van der Waals surface area (Å²) < 4.78 is 38.6. The van der Waals surface area contributed by atoms with E-state index in [1.54, 1.807) is 0 Å². The highest BCUT2D eigenvalue weighted by Gasteiger charge is 2.31. The number of fused-ring (bicyclic) bond motifs is 1. The molecule has 1 atom stereocenters. The Bertz CT molecular complexity index is 849. The summed E-state index contributed by atoms with van der Waals surface area (Å²) in [7, 11) is 0. The summed E-state index contributed by atoms with van der Waals surface area (Å²) in [6, 6.07) is 7.03. The lowest BCUT2D eigenvalue weighted by atomic mass is 9.79. The van der Waals surface area contributed by atoms with Gasteiger partial charge in [0, 0.05) is 11.3 Å². The molecule has 0 radical (unpaired) electrons. The number of nitrogens with zero attached hydrogens (tertiary/aromatic N) is 2. The number of benzene rings is 1. The minimum atomic E-state index is -4.39. The van der Waals surface area contributed by atoms with Gasteiger partial charge < -0.3 is 5.73 Å². The average Bonchev–Trinajstić information content (AvgIpc) is 2.60. The third-order valence-electron chi connectivity index (χ3n) is 5.00. The highest BCUT2D eigenvalue weighted by molar-refractivity contribution is 5.79. The van der Waals surface area contributed by atoms with Crippen molar-refractivity contribution in [2.24, 2.45) is 5.92 Å². The number of nitrogen functional groups attached to an aromatic ring is 1. The van der Waals surface area contributed by atoms with E-state index in [1.165, 1.54) is 12.1 Å². The van der Waals surface area contributed by atoms with E-state index < -0.39 is 11.7 Å². The number of anilines is 1. The van der Waals surface area contributed by atoms with Crippen molar-refractivity contribution in [3.8, 4) is 17.2 Å². The molecule has 136 valence electrons. The number of aryl methyl sites for hydroxylation is 1. The zero-order valence-electron chi connectivity index (χ0n) is 14.5. The molecule has 6 heteroatoms. The van der Waals surface area contributed by atoms with Gasteiger partial charge in [0.25, 0.3) is 0 Å². The van der Waals surface area contributed by atoms with Gasteiger partial charge in [-0.2, -0.15) is 18.4 Å². The van der Waals surface area contributed by atoms with Crippen LogP contribution in [0.15, 0.2) is 24.3 Å². The summed E-state index contributed by atoms with van der Waals surface area (Å²) in [6.07, 6.45) is 0.345. The minimum Gasteiger partial charge on any atom is -0.383 e. The van der Waals surface area contributed by atoms with Gasteiger partial charge in [0.05, 0.1) is 5.56 Å². The Morgan fingerprint density at radius 1 is 1.27 bits per heavy atom. The molecule has 1 heterocycles. The minimum absolute atomic E-state index is 0.148. The van der Waals surface area contributed by atoms with Crippen molar-refractivity contribution in [3.05, 3.63) is 46.6 Å². The van der Waals surface area contributed by atoms with Crippen LogP contribution < -0.4 is 5.73 Å². The highest BCUT2D eigenvalue weighted by Crippen LogP contribution is 2.39. The Balaban J connectivity index is 2.14. The second kappa shape index (κ2) is 6.99. The van der Waals surface area contributed by atoms with Gasteiger partial charge in [-0.15, -0.1) is 0 Å². The number of nitriles is 1. The Hall–Kier alpha value is -2.55. The Morgan fingerprint density at radius 2 is 1.96 bits per heavy atom. The molecule has 1 unspecified atom stereocenters. The summed E-state index contributed by atoms with van der Waals surface area (Å²) in [4.78, 5) is 4.40. The van der Waals surface area contributed by atoms with Gasteiger partial charge in [0.2, 0.25) is 0 Å². The third-order valence-corrected chi connectivity index (χ3v) is 5.00. The number of hydrogen-bond donors (Lipinski definition) is 1. The van der Waals surface area contributed by atoms with Crippen LogP contribution in [0.5, 0.6) is 0 Å². The maximum atomic E-state index is 12.9. The topological polar surface area (TPSA) is 62.7 Å². The third kappa shape index (κ3) is 3.39. The molecule has 0 saturated carbocycles. The number of alkyl halides is 3. The molecule has 3 rings (SSSR count). The standard InChI is InChI=1S/C20H20F3N3/c1-2-3-12-4-9-17-15(10-12)18(16(11-24)19(25)26-17)13-5-7-14(8-6-13)20(21,22)23/h5-8,12H,2-4,9-10H2,1H3,(H2,25,26). The van der Waals surface area contributed by atoms with Gasteiger partial charge in [-0.3, -0.25) is 0 Å². The number of rotatable bonds is 3. The zero-order chi connectivity index (χ0) is 18.9. The van der Waals surface area contributed by atoms with Crippen molar-refractivity contribution in [2.45, 2.75) is 45.2 Å². The molecule has 0 fully saturated rings. The largest absolute Gasteiger partial charge is 0.416 e. The fourth-order valence-corrected chi connectivity index (χ4v) is 3.76. The Labute approximate surface area is 150 Å². The van der Waals surface area contributed by atoms with E-state index in [2.05, 4.69) is 18.0 Å². The molecule has 0 aliphatic heterocycles. The maximum absolute atomic E-state index is 12.9. The molecule has 1 aliphatic carbocycles. The monoisotopic (exact) mass is 359 g/mol. The van der Waals surface area contributed by atoms with E-state index in [0.717, 1.165) is 55.5 Å². The summed E-state index contributed by atoms with van der Waals surface area (Å²) in [5.74, 6) is 0.646. The van der Waals surface area contributed by atoms with Gasteiger partial charge in [0.15, 0.2) is 0 Å². The van der Waals surface area contributed by atoms with Crippen molar-refractivity contribution in [1.82, 2.24) is 4.98 Å². The van der Waals surface area contributed by atoms with Crippen LogP contribution in [-0.2, 0) is 19.0 Å². The SMILES string of the molecule is CCCC1CCc2nc(N)c(C#N)c(-c3ccc(C(F)(F)F)cc3)c2C1. The lowest BCUT2D eigenvalue weighted by molar-refractivity contribution is -0.137. The molecule has 3 nitrogen and oxygen atoms in total. The number of pyridine rings is 1. The molecule has 0 amide bonds. The highest BCUT2D eigenvalue weighted by atomic mass is 19.4. The van der Waals surface area contributed by atoms with Crippen LogP contribution in [0.4, 0.5) is 19.0 Å². The van der Waals surface area contributed by atoms with E-state index >= 15 is 0 Å². The molecule has 0 bridgehead atoms. The first-order chi connectivity index (χ1) is 12.3. The van der Waals surface area contributed by atoms with Crippen LogP contribution >= 0.6 is 0 Å². The first-order valence-electron chi connectivity index (χ1n) is 8.74. The maximum Gasteiger partial charge on any atom is 0.416 e. The van der Waals surface area contributed by atoms with Gasteiger partial charge in [-0.05, 0) is 48.4 Å². The quantitative estimate of drug-likeness (QED) is 0.827. The molecule has 1 aliphatic rings. The van der Waals surface area contributed by atoms with E-state index in [4.69, 9.17) is 5.73 Å². The van der Waals surface area contributed by atoms with Crippen molar-refractivity contribution in [1.29, 1.82) is 5.26 Å². The summed E-state index contributed by atoms with van der Waals surface area (Å²) in [5, 5.41) is 9.57. The normalized spacial score (nSPS) is 16.8. The molecule has 1 aromatic heterocycles. The molecule has 2 aromatic rings. The fraction of sp³-hybridized carbons (Fsp3) is 0.400. The molecule has 26 heavy (non-hydrogen) atoms. The smallest absolute Gasteiger partial charge is 0.383 e. The molecule has 1 aromatic carbocycles. The lowest BCUT2D eigenvalue weighted by Gasteiger charge is -2.27. The predicted molar refractivity (Wildman–Crippen MR) is 94.2 cm³/mol. The lowest BCUT2D eigenvalue weighted by Crippen LogP contribution is -2.18. The van der Waals surface area contributed by atoms with Crippen LogP contribution in [0.3, 0.4) is 0 Å². The molecular formula is C20H20F3N3. The number of hydrogen-bond acceptors (Lipinski definition) is 3.